The molecule has 4 heteroatoms. The van der Waals surface area contributed by atoms with Crippen molar-refractivity contribution in [2.24, 2.45) is 10.8 Å². The zero-order chi connectivity index (χ0) is 17.4. The van der Waals surface area contributed by atoms with Crippen molar-refractivity contribution in [3.05, 3.63) is 23.3 Å². The summed E-state index contributed by atoms with van der Waals surface area (Å²) in [7, 11) is 0. The average Bonchev–Trinajstić information content (AvgIpc) is 3.40. The zero-order valence-corrected chi connectivity index (χ0v) is 14.5. The van der Waals surface area contributed by atoms with E-state index in [1.54, 1.807) is 6.07 Å². The molecule has 0 spiro atoms. The van der Waals surface area contributed by atoms with E-state index in [2.05, 4.69) is 6.92 Å². The molecule has 2 saturated carbocycles. The Kier molecular flexibility index (Phi) is 4.50. The molecule has 0 aliphatic heterocycles. The van der Waals surface area contributed by atoms with E-state index in [1.807, 2.05) is 0 Å². The minimum atomic E-state index is -0.685. The number of phenols is 2. The third-order valence-electron chi connectivity index (χ3n) is 6.02. The Balaban J connectivity index is 1.61. The molecule has 1 aromatic rings. The minimum absolute atomic E-state index is 0.105. The van der Waals surface area contributed by atoms with E-state index in [0.717, 1.165) is 43.2 Å². The quantitative estimate of drug-likeness (QED) is 0.626. The van der Waals surface area contributed by atoms with Gasteiger partial charge < -0.3 is 15.3 Å². The van der Waals surface area contributed by atoms with Crippen molar-refractivity contribution in [1.82, 2.24) is 0 Å². The Labute approximate surface area is 143 Å². The van der Waals surface area contributed by atoms with Gasteiger partial charge in [-0.25, -0.2) is 0 Å². The highest BCUT2D eigenvalue weighted by atomic mass is 16.4. The second-order valence-corrected chi connectivity index (χ2v) is 8.21. The van der Waals surface area contributed by atoms with Crippen LogP contribution in [-0.2, 0) is 17.6 Å². The first-order valence-electron chi connectivity index (χ1n) is 9.11. The highest BCUT2D eigenvalue weighted by Gasteiger charge is 2.49. The number of rotatable bonds is 9. The van der Waals surface area contributed by atoms with E-state index >= 15 is 0 Å². The molecule has 0 radical (unpaired) electrons. The van der Waals surface area contributed by atoms with Gasteiger partial charge in [-0.05, 0) is 86.8 Å². The third kappa shape index (κ3) is 3.85. The molecule has 0 atom stereocenters. The van der Waals surface area contributed by atoms with Crippen LogP contribution in [0.5, 0.6) is 11.5 Å². The van der Waals surface area contributed by atoms with Crippen molar-refractivity contribution >= 4 is 5.97 Å². The van der Waals surface area contributed by atoms with Gasteiger partial charge in [-0.15, -0.1) is 0 Å². The van der Waals surface area contributed by atoms with Gasteiger partial charge >= 0.3 is 5.97 Å². The molecule has 2 fully saturated rings. The molecule has 2 aliphatic rings. The first-order chi connectivity index (χ1) is 11.3. The summed E-state index contributed by atoms with van der Waals surface area (Å²) in [6.45, 7) is 2.31. The van der Waals surface area contributed by atoms with Crippen LogP contribution >= 0.6 is 0 Å². The number of aromatic hydroxyl groups is 2. The molecule has 0 saturated heterocycles. The van der Waals surface area contributed by atoms with E-state index in [1.165, 1.54) is 25.3 Å². The minimum Gasteiger partial charge on any atom is -0.508 e. The standard InChI is InChI=1S/C20H28O4/c1-19(8-9-19)6-2-4-14-12-15(21)13-17(22)16(14)5-3-7-20(10-11-20)18(23)24/h12-13,21-22H,2-11H2,1H3,(H,23,24). The summed E-state index contributed by atoms with van der Waals surface area (Å²) < 4.78 is 0. The van der Waals surface area contributed by atoms with Crippen molar-refractivity contribution in [2.75, 3.05) is 0 Å². The number of aryl methyl sites for hydroxylation is 1. The Morgan fingerprint density at radius 2 is 1.71 bits per heavy atom. The van der Waals surface area contributed by atoms with Crippen LogP contribution in [0.3, 0.4) is 0 Å². The highest BCUT2D eigenvalue weighted by Crippen LogP contribution is 2.50. The lowest BCUT2D eigenvalue weighted by Gasteiger charge is -2.15. The van der Waals surface area contributed by atoms with Crippen LogP contribution in [0.1, 0.15) is 69.4 Å². The highest BCUT2D eigenvalue weighted by molar-refractivity contribution is 5.77. The molecule has 1 aromatic carbocycles. The largest absolute Gasteiger partial charge is 0.508 e. The number of carbonyl (C=O) groups is 1. The van der Waals surface area contributed by atoms with Crippen LogP contribution < -0.4 is 0 Å². The van der Waals surface area contributed by atoms with Crippen LogP contribution in [0.15, 0.2) is 12.1 Å². The molecule has 3 N–H and O–H groups in total. The first kappa shape index (κ1) is 17.1. The van der Waals surface area contributed by atoms with Crippen molar-refractivity contribution in [3.63, 3.8) is 0 Å². The van der Waals surface area contributed by atoms with Gasteiger partial charge in [-0.2, -0.15) is 0 Å². The van der Waals surface area contributed by atoms with Crippen LogP contribution in [0, 0.1) is 10.8 Å². The number of hydrogen-bond donors (Lipinski definition) is 3. The topological polar surface area (TPSA) is 77.8 Å². The van der Waals surface area contributed by atoms with Gasteiger partial charge in [0.05, 0.1) is 5.41 Å². The van der Waals surface area contributed by atoms with Crippen LogP contribution in [0.2, 0.25) is 0 Å². The summed E-state index contributed by atoms with van der Waals surface area (Å²) >= 11 is 0. The van der Waals surface area contributed by atoms with E-state index in [4.69, 9.17) is 0 Å². The maximum atomic E-state index is 11.3. The number of carboxylic acid groups (broad SMARTS) is 1. The molecular weight excluding hydrogens is 304 g/mol. The monoisotopic (exact) mass is 332 g/mol. The smallest absolute Gasteiger partial charge is 0.309 e. The molecule has 24 heavy (non-hydrogen) atoms. The lowest BCUT2D eigenvalue weighted by Crippen LogP contribution is -2.14. The van der Waals surface area contributed by atoms with Crippen molar-refractivity contribution < 1.29 is 20.1 Å². The van der Waals surface area contributed by atoms with E-state index in [9.17, 15) is 20.1 Å². The fraction of sp³-hybridized carbons (Fsp3) is 0.650. The van der Waals surface area contributed by atoms with Crippen molar-refractivity contribution in [2.45, 2.75) is 71.1 Å². The zero-order valence-electron chi connectivity index (χ0n) is 14.5. The molecule has 0 unspecified atom stereocenters. The number of aliphatic carboxylic acids is 1. The fourth-order valence-corrected chi connectivity index (χ4v) is 3.70. The second-order valence-electron chi connectivity index (χ2n) is 8.21. The second kappa shape index (κ2) is 6.30. The number of hydrogen-bond acceptors (Lipinski definition) is 3. The Morgan fingerprint density at radius 1 is 1.04 bits per heavy atom. The van der Waals surface area contributed by atoms with Gasteiger partial charge in [0.25, 0.3) is 0 Å². The lowest BCUT2D eigenvalue weighted by atomic mass is 9.91. The summed E-state index contributed by atoms with van der Waals surface area (Å²) in [5, 5.41) is 29.3. The van der Waals surface area contributed by atoms with Gasteiger partial charge in [-0.1, -0.05) is 6.92 Å². The summed E-state index contributed by atoms with van der Waals surface area (Å²) in [6.07, 6.45) is 9.37. The molecule has 2 aliphatic carbocycles. The predicted octanol–water partition coefficient (Wildman–Crippen LogP) is 4.41. The summed E-state index contributed by atoms with van der Waals surface area (Å²) in [4.78, 5) is 11.3. The van der Waals surface area contributed by atoms with Gasteiger partial charge in [0, 0.05) is 6.07 Å². The van der Waals surface area contributed by atoms with Gasteiger partial charge in [0.2, 0.25) is 0 Å². The normalized spacial score (nSPS) is 19.9. The maximum absolute atomic E-state index is 11.3. The molecule has 3 rings (SSSR count). The van der Waals surface area contributed by atoms with Gasteiger partial charge in [-0.3, -0.25) is 4.79 Å². The van der Waals surface area contributed by atoms with Gasteiger partial charge in [0.1, 0.15) is 11.5 Å². The molecule has 0 amide bonds. The molecule has 4 nitrogen and oxygen atoms in total. The van der Waals surface area contributed by atoms with Crippen LogP contribution in [0.25, 0.3) is 0 Å². The summed E-state index contributed by atoms with van der Waals surface area (Å²) in [6, 6.07) is 3.15. The van der Waals surface area contributed by atoms with E-state index in [-0.39, 0.29) is 11.5 Å². The first-order valence-corrected chi connectivity index (χ1v) is 9.11. The number of carboxylic acids is 1. The molecular formula is C20H28O4. The molecule has 0 heterocycles. The van der Waals surface area contributed by atoms with Crippen LogP contribution in [0.4, 0.5) is 0 Å². The van der Waals surface area contributed by atoms with Gasteiger partial charge in [0.15, 0.2) is 0 Å². The number of phenolic OH excluding ortho intramolecular Hbond substituents is 2. The Hall–Kier alpha value is -1.71. The van der Waals surface area contributed by atoms with Crippen molar-refractivity contribution in [3.8, 4) is 11.5 Å². The molecule has 132 valence electrons. The predicted molar refractivity (Wildman–Crippen MR) is 92.3 cm³/mol. The average molecular weight is 332 g/mol. The number of benzene rings is 1. The third-order valence-corrected chi connectivity index (χ3v) is 6.02. The Morgan fingerprint density at radius 3 is 2.29 bits per heavy atom. The van der Waals surface area contributed by atoms with Crippen molar-refractivity contribution in [1.29, 1.82) is 0 Å². The molecule has 0 bridgehead atoms. The maximum Gasteiger partial charge on any atom is 0.309 e. The van der Waals surface area contributed by atoms with E-state index in [0.29, 0.717) is 18.3 Å². The SMILES string of the molecule is CC1(CCCc2cc(O)cc(O)c2CCCC2(C(=O)O)CC2)CC1. The van der Waals surface area contributed by atoms with Crippen LogP contribution in [-0.4, -0.2) is 21.3 Å². The summed E-state index contributed by atoms with van der Waals surface area (Å²) in [5.41, 5.74) is 1.90. The fourth-order valence-electron chi connectivity index (χ4n) is 3.70. The summed E-state index contributed by atoms with van der Waals surface area (Å²) in [5.74, 6) is -0.439. The molecule has 0 aromatic heterocycles. The Bertz CT molecular complexity index is 627. The van der Waals surface area contributed by atoms with E-state index < -0.39 is 11.4 Å². The lowest BCUT2D eigenvalue weighted by molar-refractivity contribution is -0.143.